The van der Waals surface area contributed by atoms with E-state index in [2.05, 4.69) is 45.5 Å². The molecule has 0 fully saturated rings. The Kier molecular flexibility index (Phi) is 5.31. The summed E-state index contributed by atoms with van der Waals surface area (Å²) in [7, 11) is 4.02. The minimum Gasteiger partial charge on any atom is -0.349 e. The van der Waals surface area contributed by atoms with Crippen LogP contribution in [0.5, 0.6) is 0 Å². The Morgan fingerprint density at radius 1 is 1.24 bits per heavy atom. The molecule has 1 aromatic carbocycles. The van der Waals surface area contributed by atoms with Crippen LogP contribution in [0, 0.1) is 6.92 Å². The van der Waals surface area contributed by atoms with Crippen molar-refractivity contribution in [3.8, 4) is 10.6 Å². The maximum absolute atomic E-state index is 12.4. The Bertz CT molecular complexity index is 838. The molecule has 0 spiro atoms. The number of hydrogen-bond acceptors (Lipinski definition) is 4. The average Bonchev–Trinajstić information content (AvgIpc) is 3.24. The molecular weight excluding hydrogens is 332 g/mol. The van der Waals surface area contributed by atoms with Gasteiger partial charge in [0.25, 0.3) is 5.91 Å². The van der Waals surface area contributed by atoms with Gasteiger partial charge in [0.15, 0.2) is 5.69 Å². The summed E-state index contributed by atoms with van der Waals surface area (Å²) >= 11 is 1.68. The normalized spacial score (nSPS) is 12.3. The number of carbonyl (C=O) groups excluding carboxylic acids is 1. The maximum Gasteiger partial charge on any atom is 0.271 e. The van der Waals surface area contributed by atoms with E-state index in [9.17, 15) is 4.79 Å². The second kappa shape index (κ2) is 7.63. The summed E-state index contributed by atoms with van der Waals surface area (Å²) in [5.41, 5.74) is 2.45. The smallest absolute Gasteiger partial charge is 0.271 e. The van der Waals surface area contributed by atoms with E-state index in [1.54, 1.807) is 17.4 Å². The van der Waals surface area contributed by atoms with Crippen LogP contribution in [0.4, 0.5) is 0 Å². The molecule has 0 radical (unpaired) electrons. The number of nitrogens with one attached hydrogen (secondary N) is 2. The summed E-state index contributed by atoms with van der Waals surface area (Å²) in [6, 6.07) is 16.2. The van der Waals surface area contributed by atoms with Crippen LogP contribution in [0.1, 0.15) is 27.0 Å². The van der Waals surface area contributed by atoms with Gasteiger partial charge in [0, 0.05) is 11.4 Å². The Labute approximate surface area is 151 Å². The first-order chi connectivity index (χ1) is 12.0. The zero-order chi connectivity index (χ0) is 17.8. The quantitative estimate of drug-likeness (QED) is 0.712. The van der Waals surface area contributed by atoms with Gasteiger partial charge in [0.2, 0.25) is 0 Å². The Balaban J connectivity index is 1.67. The molecule has 1 atom stereocenters. The lowest BCUT2D eigenvalue weighted by molar-refractivity contribution is 0.0937. The van der Waals surface area contributed by atoms with E-state index in [4.69, 9.17) is 0 Å². The van der Waals surface area contributed by atoms with Crippen LogP contribution in [0.2, 0.25) is 0 Å². The second-order valence-corrected chi connectivity index (χ2v) is 7.47. The van der Waals surface area contributed by atoms with Crippen LogP contribution < -0.4 is 5.32 Å². The maximum atomic E-state index is 12.4. The average molecular weight is 354 g/mol. The van der Waals surface area contributed by atoms with Gasteiger partial charge < -0.3 is 10.2 Å². The van der Waals surface area contributed by atoms with Crippen molar-refractivity contribution in [1.82, 2.24) is 20.4 Å². The van der Waals surface area contributed by atoms with E-state index in [1.165, 1.54) is 10.4 Å². The monoisotopic (exact) mass is 354 g/mol. The lowest BCUT2D eigenvalue weighted by atomic mass is 10.1. The standard InChI is InChI=1S/C19H22N4OS/c1-13-9-10-18(25-13)15-11-16(22-21-15)19(24)20-12-17(23(2)3)14-7-5-4-6-8-14/h4-11,17H,12H2,1-3H3,(H,20,24)(H,21,22). The fraction of sp³-hybridized carbons (Fsp3) is 0.263. The number of likely N-dealkylation sites (N-methyl/N-ethyl adjacent to an activating group) is 1. The summed E-state index contributed by atoms with van der Waals surface area (Å²) in [6.07, 6.45) is 0. The zero-order valence-electron chi connectivity index (χ0n) is 14.6. The molecule has 0 aliphatic carbocycles. The number of carbonyl (C=O) groups is 1. The molecule has 0 aliphatic rings. The van der Waals surface area contributed by atoms with Crippen molar-refractivity contribution in [3.63, 3.8) is 0 Å². The molecule has 6 heteroatoms. The summed E-state index contributed by atoms with van der Waals surface area (Å²) in [4.78, 5) is 16.9. The minimum absolute atomic E-state index is 0.114. The molecule has 2 N–H and O–H groups in total. The van der Waals surface area contributed by atoms with E-state index >= 15 is 0 Å². The highest BCUT2D eigenvalue weighted by Gasteiger charge is 2.17. The molecule has 0 aliphatic heterocycles. The van der Waals surface area contributed by atoms with Crippen molar-refractivity contribution in [2.24, 2.45) is 0 Å². The van der Waals surface area contributed by atoms with Crippen molar-refractivity contribution in [2.75, 3.05) is 20.6 Å². The molecule has 0 bridgehead atoms. The van der Waals surface area contributed by atoms with Crippen LogP contribution in [-0.4, -0.2) is 41.6 Å². The van der Waals surface area contributed by atoms with Gasteiger partial charge in [-0.1, -0.05) is 30.3 Å². The van der Waals surface area contributed by atoms with E-state index in [0.29, 0.717) is 12.2 Å². The third kappa shape index (κ3) is 4.15. The molecule has 0 saturated carbocycles. The molecule has 2 aromatic heterocycles. The van der Waals surface area contributed by atoms with Crippen LogP contribution in [0.15, 0.2) is 48.5 Å². The van der Waals surface area contributed by atoms with Crippen molar-refractivity contribution in [2.45, 2.75) is 13.0 Å². The fourth-order valence-corrected chi connectivity index (χ4v) is 3.53. The van der Waals surface area contributed by atoms with Gasteiger partial charge in [-0.2, -0.15) is 5.10 Å². The molecule has 5 nitrogen and oxygen atoms in total. The summed E-state index contributed by atoms with van der Waals surface area (Å²) in [5, 5.41) is 10.1. The highest BCUT2D eigenvalue weighted by molar-refractivity contribution is 7.15. The van der Waals surface area contributed by atoms with E-state index < -0.39 is 0 Å². The van der Waals surface area contributed by atoms with Gasteiger partial charge in [-0.05, 0) is 44.8 Å². The Hall–Kier alpha value is -2.44. The van der Waals surface area contributed by atoms with Gasteiger partial charge in [-0.25, -0.2) is 0 Å². The number of H-pyrrole nitrogens is 1. The molecule has 0 saturated heterocycles. The van der Waals surface area contributed by atoms with Gasteiger partial charge in [0.1, 0.15) is 0 Å². The molecule has 25 heavy (non-hydrogen) atoms. The SMILES string of the molecule is Cc1ccc(-c2cc(C(=O)NCC(c3ccccc3)N(C)C)n[nH]2)s1. The first-order valence-corrected chi connectivity index (χ1v) is 8.98. The lowest BCUT2D eigenvalue weighted by Gasteiger charge is -2.24. The number of nitrogens with zero attached hydrogens (tertiary/aromatic N) is 2. The highest BCUT2D eigenvalue weighted by atomic mass is 32.1. The third-order valence-electron chi connectivity index (χ3n) is 4.08. The van der Waals surface area contributed by atoms with Crippen molar-refractivity contribution >= 4 is 17.2 Å². The van der Waals surface area contributed by atoms with Crippen molar-refractivity contribution < 1.29 is 4.79 Å². The molecular formula is C19H22N4OS. The molecule has 130 valence electrons. The van der Waals surface area contributed by atoms with E-state index in [1.807, 2.05) is 38.4 Å². The summed E-state index contributed by atoms with van der Waals surface area (Å²) < 4.78 is 0. The third-order valence-corrected chi connectivity index (χ3v) is 5.11. The summed E-state index contributed by atoms with van der Waals surface area (Å²) in [5.74, 6) is -0.168. The van der Waals surface area contributed by atoms with Gasteiger partial charge in [-0.15, -0.1) is 11.3 Å². The predicted molar refractivity (Wildman–Crippen MR) is 102 cm³/mol. The largest absolute Gasteiger partial charge is 0.349 e. The second-order valence-electron chi connectivity index (χ2n) is 6.18. The fourth-order valence-electron chi connectivity index (χ4n) is 2.70. The molecule has 3 aromatic rings. The number of amides is 1. The Morgan fingerprint density at radius 3 is 2.64 bits per heavy atom. The Morgan fingerprint density at radius 2 is 2.00 bits per heavy atom. The number of aromatic nitrogens is 2. The number of rotatable bonds is 6. The van der Waals surface area contributed by atoms with Crippen LogP contribution in [-0.2, 0) is 0 Å². The first-order valence-electron chi connectivity index (χ1n) is 8.16. The number of benzene rings is 1. The minimum atomic E-state index is -0.168. The zero-order valence-corrected chi connectivity index (χ0v) is 15.4. The number of aromatic amines is 1. The molecule has 3 rings (SSSR count). The summed E-state index contributed by atoms with van der Waals surface area (Å²) in [6.45, 7) is 2.58. The van der Waals surface area contributed by atoms with Gasteiger partial charge >= 0.3 is 0 Å². The van der Waals surface area contributed by atoms with Crippen LogP contribution >= 0.6 is 11.3 Å². The first kappa shape index (κ1) is 17.4. The van der Waals surface area contributed by atoms with Crippen molar-refractivity contribution in [1.29, 1.82) is 0 Å². The molecule has 1 amide bonds. The van der Waals surface area contributed by atoms with E-state index in [-0.39, 0.29) is 11.9 Å². The van der Waals surface area contributed by atoms with Crippen LogP contribution in [0.25, 0.3) is 10.6 Å². The number of aryl methyl sites for hydroxylation is 1. The van der Waals surface area contributed by atoms with Gasteiger partial charge in [-0.3, -0.25) is 9.89 Å². The predicted octanol–water partition coefficient (Wildman–Crippen LogP) is 3.48. The molecule has 1 unspecified atom stereocenters. The van der Waals surface area contributed by atoms with E-state index in [0.717, 1.165) is 10.6 Å². The topological polar surface area (TPSA) is 61.0 Å². The molecule has 2 heterocycles. The number of thiophene rings is 1. The number of hydrogen-bond donors (Lipinski definition) is 2. The highest BCUT2D eigenvalue weighted by Crippen LogP contribution is 2.26. The van der Waals surface area contributed by atoms with Crippen molar-refractivity contribution in [3.05, 3.63) is 64.7 Å². The lowest BCUT2D eigenvalue weighted by Crippen LogP contribution is -2.34. The van der Waals surface area contributed by atoms with Crippen LogP contribution in [0.3, 0.4) is 0 Å². The van der Waals surface area contributed by atoms with Gasteiger partial charge in [0.05, 0.1) is 16.6 Å².